The molecule has 3 heterocycles. The monoisotopic (exact) mass is 604 g/mol. The molecule has 0 radical (unpaired) electrons. The molecule has 43 heavy (non-hydrogen) atoms. The van der Waals surface area contributed by atoms with Gasteiger partial charge in [0.05, 0.1) is 16.1 Å². The number of halogens is 1. The summed E-state index contributed by atoms with van der Waals surface area (Å²) in [6.07, 6.45) is 5.26. The quantitative estimate of drug-likeness (QED) is 0.377. The Bertz CT molecular complexity index is 1730. The van der Waals surface area contributed by atoms with Crippen LogP contribution in [0.15, 0.2) is 58.4 Å². The van der Waals surface area contributed by atoms with E-state index in [4.69, 9.17) is 0 Å². The smallest absolute Gasteiger partial charge is 0.341 e. The minimum atomic E-state index is -1.34. The highest BCUT2D eigenvalue weighted by atomic mass is 32.2. The van der Waals surface area contributed by atoms with Crippen molar-refractivity contribution < 1.29 is 28.7 Å². The molecule has 1 saturated carbocycles. The number of carboxylic acids is 1. The summed E-state index contributed by atoms with van der Waals surface area (Å²) in [4.78, 5) is 67.5. The number of piperazine rings is 1. The number of amides is 3. The second-order valence-electron chi connectivity index (χ2n) is 10.9. The van der Waals surface area contributed by atoms with E-state index >= 15 is 4.39 Å². The lowest BCUT2D eigenvalue weighted by Gasteiger charge is -2.36. The van der Waals surface area contributed by atoms with E-state index in [1.807, 2.05) is 35.2 Å². The van der Waals surface area contributed by atoms with E-state index in [1.54, 1.807) is 21.6 Å². The van der Waals surface area contributed by atoms with E-state index in [2.05, 4.69) is 0 Å². The number of thioether (sulfide) groups is 1. The number of anilines is 1. The summed E-state index contributed by atoms with van der Waals surface area (Å²) in [6.45, 7) is 1.64. The van der Waals surface area contributed by atoms with Crippen LogP contribution in [0.5, 0.6) is 0 Å². The first-order chi connectivity index (χ1) is 20.7. The lowest BCUT2D eigenvalue weighted by molar-refractivity contribution is -0.132. The van der Waals surface area contributed by atoms with Gasteiger partial charge in [0.25, 0.3) is 11.1 Å². The summed E-state index contributed by atoms with van der Waals surface area (Å²) in [5.41, 5.74) is 0.549. The summed E-state index contributed by atoms with van der Waals surface area (Å²) < 4.78 is 17.0. The molecule has 3 amide bonds. The summed E-state index contributed by atoms with van der Waals surface area (Å²) in [7, 11) is 0. The molecule has 0 unspecified atom stereocenters. The van der Waals surface area contributed by atoms with Crippen molar-refractivity contribution in [2.75, 3.05) is 37.6 Å². The van der Waals surface area contributed by atoms with Crippen LogP contribution in [0.1, 0.15) is 47.6 Å². The molecule has 12 heteroatoms. The van der Waals surface area contributed by atoms with E-state index in [-0.39, 0.29) is 47.0 Å². The topological polar surface area (TPSA) is 120 Å². The summed E-state index contributed by atoms with van der Waals surface area (Å²) in [5.74, 6) is -2.42. The maximum Gasteiger partial charge on any atom is 0.341 e. The Morgan fingerprint density at radius 1 is 1.02 bits per heavy atom. The molecule has 0 atom stereocenters. The Morgan fingerprint density at radius 2 is 1.74 bits per heavy atom. The normalized spacial score (nSPS) is 18.3. The van der Waals surface area contributed by atoms with Gasteiger partial charge in [0.2, 0.25) is 11.3 Å². The molecule has 3 fully saturated rings. The largest absolute Gasteiger partial charge is 0.477 e. The highest BCUT2D eigenvalue weighted by Crippen LogP contribution is 2.38. The number of rotatable bonds is 8. The van der Waals surface area contributed by atoms with Crippen LogP contribution in [0, 0.1) is 5.82 Å². The standard InChI is InChI=1S/C31H29FN4O6S/c32-23-16-21-24(36(20-8-9-20)18-22(28(21)38)30(40)41)17-25(23)33-11-13-34(14-12-33)27(37)7-4-10-35-29(39)26(43-31(35)42)15-19-5-2-1-3-6-19/h1-3,5-6,15-18,20H,4,7-14H2,(H,40,41)/b26-15+. The number of nitrogens with zero attached hydrogens (tertiary/aromatic N) is 4. The van der Waals surface area contributed by atoms with Crippen LogP contribution in [-0.4, -0.2) is 75.2 Å². The highest BCUT2D eigenvalue weighted by molar-refractivity contribution is 8.18. The van der Waals surface area contributed by atoms with Gasteiger partial charge in [0.1, 0.15) is 11.4 Å². The molecule has 222 valence electrons. The first-order valence-electron chi connectivity index (χ1n) is 14.2. The van der Waals surface area contributed by atoms with Crippen molar-refractivity contribution in [3.8, 4) is 0 Å². The van der Waals surface area contributed by atoms with Gasteiger partial charge in [-0.25, -0.2) is 9.18 Å². The van der Waals surface area contributed by atoms with Gasteiger partial charge >= 0.3 is 5.97 Å². The number of carbonyl (C=O) groups is 4. The first-order valence-corrected chi connectivity index (χ1v) is 15.0. The molecule has 3 aliphatic rings. The van der Waals surface area contributed by atoms with E-state index in [9.17, 15) is 29.1 Å². The fourth-order valence-corrected chi connectivity index (χ4v) is 6.41. The van der Waals surface area contributed by atoms with Crippen LogP contribution in [0.4, 0.5) is 14.9 Å². The number of pyridine rings is 1. The predicted molar refractivity (Wildman–Crippen MR) is 161 cm³/mol. The van der Waals surface area contributed by atoms with E-state index in [1.165, 1.54) is 11.1 Å². The maximum absolute atomic E-state index is 15.3. The average Bonchev–Trinajstić information content (AvgIpc) is 3.81. The van der Waals surface area contributed by atoms with E-state index < -0.39 is 17.2 Å². The number of aromatic carboxylic acids is 1. The lowest BCUT2D eigenvalue weighted by Crippen LogP contribution is -2.49. The number of hydrogen-bond donors (Lipinski definition) is 1. The van der Waals surface area contributed by atoms with Gasteiger partial charge < -0.3 is 19.5 Å². The third-order valence-corrected chi connectivity index (χ3v) is 8.90. The van der Waals surface area contributed by atoms with Crippen LogP contribution in [-0.2, 0) is 9.59 Å². The molecule has 2 aromatic carbocycles. The second-order valence-corrected chi connectivity index (χ2v) is 11.8. The van der Waals surface area contributed by atoms with Crippen LogP contribution in [0.25, 0.3) is 17.0 Å². The van der Waals surface area contributed by atoms with Crippen molar-refractivity contribution in [1.82, 2.24) is 14.4 Å². The number of fused-ring (bicyclic) bond motifs is 1. The SMILES string of the molecule is O=C(O)c1cn(C2CC2)c2cc(N3CCN(C(=O)CCCN4C(=O)S/C(=C/c5ccccc5)C4=O)CC3)c(F)cc2c1=O. The molecule has 6 rings (SSSR count). The molecule has 1 aliphatic carbocycles. The molecule has 2 aliphatic heterocycles. The highest BCUT2D eigenvalue weighted by Gasteiger charge is 2.35. The van der Waals surface area contributed by atoms with Crippen molar-refractivity contribution in [2.24, 2.45) is 0 Å². The molecule has 10 nitrogen and oxygen atoms in total. The van der Waals surface area contributed by atoms with Gasteiger partial charge in [-0.3, -0.25) is 24.1 Å². The van der Waals surface area contributed by atoms with E-state index in [0.29, 0.717) is 48.7 Å². The number of carboxylic acid groups (broad SMARTS) is 1. The summed E-state index contributed by atoms with van der Waals surface area (Å²) >= 11 is 0.894. The third-order valence-electron chi connectivity index (χ3n) is 7.99. The van der Waals surface area contributed by atoms with Gasteiger partial charge in [-0.1, -0.05) is 30.3 Å². The average molecular weight is 605 g/mol. The number of hydrogen-bond acceptors (Lipinski definition) is 7. The molecule has 1 N–H and O–H groups in total. The van der Waals surface area contributed by atoms with Crippen LogP contribution in [0.3, 0.4) is 0 Å². The van der Waals surface area contributed by atoms with Crippen molar-refractivity contribution in [3.63, 3.8) is 0 Å². The zero-order chi connectivity index (χ0) is 30.2. The molecular formula is C31H29FN4O6S. The van der Waals surface area contributed by atoms with Crippen LogP contribution >= 0.6 is 11.8 Å². The molecular weight excluding hydrogens is 575 g/mol. The molecule has 0 spiro atoms. The summed E-state index contributed by atoms with van der Waals surface area (Å²) in [6, 6.07) is 12.1. The van der Waals surface area contributed by atoms with Crippen molar-refractivity contribution in [2.45, 2.75) is 31.7 Å². The Kier molecular flexibility index (Phi) is 7.78. The Labute approximate surface area is 250 Å². The zero-order valence-corrected chi connectivity index (χ0v) is 24.0. The number of aromatic nitrogens is 1. The second kappa shape index (κ2) is 11.7. The van der Waals surface area contributed by atoms with Gasteiger partial charge in [0.15, 0.2) is 0 Å². The van der Waals surface area contributed by atoms with Crippen LogP contribution < -0.4 is 10.3 Å². The van der Waals surface area contributed by atoms with E-state index in [0.717, 1.165) is 36.2 Å². The van der Waals surface area contributed by atoms with Gasteiger partial charge in [0, 0.05) is 56.8 Å². The van der Waals surface area contributed by atoms with Gasteiger partial charge in [-0.05, 0) is 54.8 Å². The van der Waals surface area contributed by atoms with Crippen LogP contribution in [0.2, 0.25) is 0 Å². The predicted octanol–water partition coefficient (Wildman–Crippen LogP) is 4.34. The lowest BCUT2D eigenvalue weighted by atomic mass is 10.1. The van der Waals surface area contributed by atoms with Crippen molar-refractivity contribution >= 4 is 57.5 Å². The molecule has 2 saturated heterocycles. The molecule has 3 aromatic rings. The third kappa shape index (κ3) is 5.79. The molecule has 1 aromatic heterocycles. The fraction of sp³-hybridized carbons (Fsp3) is 0.323. The zero-order valence-electron chi connectivity index (χ0n) is 23.2. The van der Waals surface area contributed by atoms with Gasteiger partial charge in [-0.15, -0.1) is 0 Å². The van der Waals surface area contributed by atoms with Crippen molar-refractivity contribution in [1.29, 1.82) is 0 Å². The first kappa shape index (κ1) is 28.7. The summed E-state index contributed by atoms with van der Waals surface area (Å²) in [5, 5.41) is 9.15. The Balaban J connectivity index is 1.07. The Hall–Kier alpha value is -4.45. The Morgan fingerprint density at radius 3 is 2.42 bits per heavy atom. The number of imide groups is 1. The minimum absolute atomic E-state index is 0.0397. The maximum atomic E-state index is 15.3. The van der Waals surface area contributed by atoms with Crippen molar-refractivity contribution in [3.05, 3.63) is 80.7 Å². The number of benzene rings is 2. The molecule has 0 bridgehead atoms. The fourth-order valence-electron chi connectivity index (χ4n) is 5.54. The number of carbonyl (C=O) groups excluding carboxylic acids is 3. The minimum Gasteiger partial charge on any atom is -0.477 e. The van der Waals surface area contributed by atoms with Gasteiger partial charge in [-0.2, -0.15) is 0 Å².